The summed E-state index contributed by atoms with van der Waals surface area (Å²) in [4.78, 5) is 5.80. The minimum atomic E-state index is 0.793. The number of hydrogen-bond donors (Lipinski definition) is 1. The van der Waals surface area contributed by atoms with Gasteiger partial charge >= 0.3 is 0 Å². The molecule has 96 valence electrons. The van der Waals surface area contributed by atoms with Crippen LogP contribution >= 0.6 is 11.3 Å². The summed E-state index contributed by atoms with van der Waals surface area (Å²) >= 11 is 1.75. The molecular formula is C14H18N2OS. The molecule has 0 aliphatic rings. The SMILES string of the molecule is COc1ccccc1CNCc1nc(C)c(C)s1. The normalized spacial score (nSPS) is 10.6. The fourth-order valence-corrected chi connectivity index (χ4v) is 2.67. The number of ether oxygens (including phenoxy) is 1. The first kappa shape index (κ1) is 13.1. The molecule has 1 heterocycles. The molecule has 0 unspecified atom stereocenters. The Hall–Kier alpha value is -1.39. The van der Waals surface area contributed by atoms with E-state index in [2.05, 4.69) is 30.2 Å². The van der Waals surface area contributed by atoms with E-state index in [1.807, 2.05) is 18.2 Å². The highest BCUT2D eigenvalue weighted by Gasteiger charge is 2.04. The summed E-state index contributed by atoms with van der Waals surface area (Å²) in [5, 5.41) is 4.54. The van der Waals surface area contributed by atoms with Crippen molar-refractivity contribution in [2.75, 3.05) is 7.11 Å². The van der Waals surface area contributed by atoms with Gasteiger partial charge in [0.1, 0.15) is 10.8 Å². The third kappa shape index (κ3) is 3.09. The van der Waals surface area contributed by atoms with Crippen molar-refractivity contribution < 1.29 is 4.74 Å². The van der Waals surface area contributed by atoms with Crippen LogP contribution in [-0.2, 0) is 13.1 Å². The lowest BCUT2D eigenvalue weighted by atomic mass is 10.2. The lowest BCUT2D eigenvalue weighted by molar-refractivity contribution is 0.407. The van der Waals surface area contributed by atoms with Gasteiger partial charge in [-0.2, -0.15) is 0 Å². The zero-order chi connectivity index (χ0) is 13.0. The molecule has 1 N–H and O–H groups in total. The van der Waals surface area contributed by atoms with Crippen molar-refractivity contribution in [1.29, 1.82) is 0 Å². The molecule has 1 aromatic carbocycles. The number of benzene rings is 1. The third-order valence-electron chi connectivity index (χ3n) is 2.86. The molecule has 0 atom stereocenters. The van der Waals surface area contributed by atoms with E-state index in [1.54, 1.807) is 18.4 Å². The van der Waals surface area contributed by atoms with Crippen LogP contribution in [0.1, 0.15) is 21.1 Å². The molecule has 0 fully saturated rings. The number of aryl methyl sites for hydroxylation is 2. The summed E-state index contributed by atoms with van der Waals surface area (Å²) in [6.45, 7) is 5.76. The Morgan fingerprint density at radius 3 is 2.67 bits per heavy atom. The first-order valence-corrected chi connectivity index (χ1v) is 6.78. The van der Waals surface area contributed by atoms with Gasteiger partial charge in [-0.25, -0.2) is 4.98 Å². The van der Waals surface area contributed by atoms with Crippen LogP contribution in [0.25, 0.3) is 0 Å². The highest BCUT2D eigenvalue weighted by atomic mass is 32.1. The van der Waals surface area contributed by atoms with Gasteiger partial charge in [0.05, 0.1) is 12.8 Å². The number of para-hydroxylation sites is 1. The van der Waals surface area contributed by atoms with Gasteiger partial charge in [0.2, 0.25) is 0 Å². The van der Waals surface area contributed by atoms with Crippen molar-refractivity contribution in [3.63, 3.8) is 0 Å². The van der Waals surface area contributed by atoms with Crippen LogP contribution in [0.4, 0.5) is 0 Å². The molecule has 3 nitrogen and oxygen atoms in total. The molecule has 2 rings (SSSR count). The van der Waals surface area contributed by atoms with Gasteiger partial charge in [-0.3, -0.25) is 0 Å². The van der Waals surface area contributed by atoms with Crippen LogP contribution in [0.2, 0.25) is 0 Å². The number of nitrogens with zero attached hydrogens (tertiary/aromatic N) is 1. The Labute approximate surface area is 112 Å². The molecule has 0 spiro atoms. The molecular weight excluding hydrogens is 244 g/mol. The fourth-order valence-electron chi connectivity index (χ4n) is 1.77. The molecule has 0 saturated carbocycles. The van der Waals surface area contributed by atoms with E-state index >= 15 is 0 Å². The lowest BCUT2D eigenvalue weighted by Crippen LogP contribution is -2.13. The maximum atomic E-state index is 5.32. The Morgan fingerprint density at radius 2 is 2.00 bits per heavy atom. The maximum absolute atomic E-state index is 5.32. The van der Waals surface area contributed by atoms with Gasteiger partial charge in [-0.15, -0.1) is 11.3 Å². The van der Waals surface area contributed by atoms with Crippen LogP contribution in [0.15, 0.2) is 24.3 Å². The number of thiazole rings is 1. The summed E-state index contributed by atoms with van der Waals surface area (Å²) in [5.74, 6) is 0.927. The summed E-state index contributed by atoms with van der Waals surface area (Å²) in [7, 11) is 1.70. The highest BCUT2D eigenvalue weighted by molar-refractivity contribution is 7.11. The number of nitrogens with one attached hydrogen (secondary N) is 1. The molecule has 0 saturated heterocycles. The van der Waals surface area contributed by atoms with E-state index in [9.17, 15) is 0 Å². The molecule has 4 heteroatoms. The van der Waals surface area contributed by atoms with Crippen LogP contribution < -0.4 is 10.1 Å². The predicted octanol–water partition coefficient (Wildman–Crippen LogP) is 3.06. The van der Waals surface area contributed by atoms with E-state index in [0.29, 0.717) is 0 Å². The second kappa shape index (κ2) is 5.98. The number of aromatic nitrogens is 1. The van der Waals surface area contributed by atoms with Crippen molar-refractivity contribution in [3.8, 4) is 5.75 Å². The summed E-state index contributed by atoms with van der Waals surface area (Å²) < 4.78 is 5.32. The largest absolute Gasteiger partial charge is 0.496 e. The Balaban J connectivity index is 1.92. The molecule has 0 radical (unpaired) electrons. The van der Waals surface area contributed by atoms with Gasteiger partial charge < -0.3 is 10.1 Å². The standard InChI is InChI=1S/C14H18N2OS/c1-10-11(2)18-14(16-10)9-15-8-12-6-4-5-7-13(12)17-3/h4-7,15H,8-9H2,1-3H3. The van der Waals surface area contributed by atoms with Crippen LogP contribution in [0.5, 0.6) is 5.75 Å². The molecule has 1 aromatic heterocycles. The smallest absolute Gasteiger partial charge is 0.123 e. The second-order valence-corrected chi connectivity index (χ2v) is 5.45. The van der Waals surface area contributed by atoms with E-state index in [-0.39, 0.29) is 0 Å². The Kier molecular flexibility index (Phi) is 4.33. The van der Waals surface area contributed by atoms with Gasteiger partial charge in [-0.05, 0) is 19.9 Å². The minimum absolute atomic E-state index is 0.793. The quantitative estimate of drug-likeness (QED) is 0.899. The van der Waals surface area contributed by atoms with E-state index in [4.69, 9.17) is 4.74 Å². The molecule has 0 aliphatic carbocycles. The van der Waals surface area contributed by atoms with Crippen molar-refractivity contribution >= 4 is 11.3 Å². The maximum Gasteiger partial charge on any atom is 0.123 e. The zero-order valence-corrected chi connectivity index (χ0v) is 11.8. The van der Waals surface area contributed by atoms with Gasteiger partial charge in [-0.1, -0.05) is 18.2 Å². The summed E-state index contributed by atoms with van der Waals surface area (Å²) in [6.07, 6.45) is 0. The first-order chi connectivity index (χ1) is 8.70. The molecule has 2 aromatic rings. The molecule has 0 amide bonds. The summed E-state index contributed by atoms with van der Waals surface area (Å²) in [6, 6.07) is 8.06. The van der Waals surface area contributed by atoms with E-state index < -0.39 is 0 Å². The number of rotatable bonds is 5. The first-order valence-electron chi connectivity index (χ1n) is 5.96. The molecule has 0 bridgehead atoms. The van der Waals surface area contributed by atoms with Crippen molar-refractivity contribution in [2.24, 2.45) is 0 Å². The average molecular weight is 262 g/mol. The lowest BCUT2D eigenvalue weighted by Gasteiger charge is -2.08. The van der Waals surface area contributed by atoms with Crippen molar-refractivity contribution in [1.82, 2.24) is 10.3 Å². The minimum Gasteiger partial charge on any atom is -0.496 e. The van der Waals surface area contributed by atoms with Gasteiger partial charge in [0.25, 0.3) is 0 Å². The van der Waals surface area contributed by atoms with Crippen molar-refractivity contribution in [2.45, 2.75) is 26.9 Å². The molecule has 0 aliphatic heterocycles. The Bertz CT molecular complexity index is 503. The van der Waals surface area contributed by atoms with E-state index in [1.165, 1.54) is 10.4 Å². The highest BCUT2D eigenvalue weighted by Crippen LogP contribution is 2.18. The third-order valence-corrected chi connectivity index (χ3v) is 3.93. The van der Waals surface area contributed by atoms with Crippen LogP contribution in [0, 0.1) is 13.8 Å². The average Bonchev–Trinajstić information content (AvgIpc) is 2.69. The van der Waals surface area contributed by atoms with E-state index in [0.717, 1.165) is 29.5 Å². The summed E-state index contributed by atoms with van der Waals surface area (Å²) in [5.41, 5.74) is 2.30. The van der Waals surface area contributed by atoms with Gasteiger partial charge in [0.15, 0.2) is 0 Å². The fraction of sp³-hybridized carbons (Fsp3) is 0.357. The van der Waals surface area contributed by atoms with Crippen LogP contribution in [0.3, 0.4) is 0 Å². The predicted molar refractivity (Wildman–Crippen MR) is 75.1 cm³/mol. The molecule has 18 heavy (non-hydrogen) atoms. The second-order valence-electron chi connectivity index (χ2n) is 4.16. The van der Waals surface area contributed by atoms with Crippen molar-refractivity contribution in [3.05, 3.63) is 45.4 Å². The Morgan fingerprint density at radius 1 is 1.22 bits per heavy atom. The van der Waals surface area contributed by atoms with Gasteiger partial charge in [0, 0.05) is 23.5 Å². The van der Waals surface area contributed by atoms with Crippen LogP contribution in [-0.4, -0.2) is 12.1 Å². The number of hydrogen-bond acceptors (Lipinski definition) is 4. The monoisotopic (exact) mass is 262 g/mol. The topological polar surface area (TPSA) is 34.1 Å². The zero-order valence-electron chi connectivity index (χ0n) is 11.0. The number of methoxy groups -OCH3 is 1.